The van der Waals surface area contributed by atoms with Crippen LogP contribution in [-0.4, -0.2) is 54.0 Å². The average Bonchev–Trinajstić information content (AvgIpc) is 2.59. The lowest BCUT2D eigenvalue weighted by molar-refractivity contribution is -0.192. The molecule has 10 heteroatoms. The minimum absolute atomic E-state index is 0.0819. The van der Waals surface area contributed by atoms with Crippen molar-refractivity contribution < 1.29 is 38.5 Å². The minimum Gasteiger partial charge on any atom is -0.481 e. The number of ether oxygens (including phenoxy) is 3. The Kier molecular flexibility index (Phi) is 12.0. The summed E-state index contributed by atoms with van der Waals surface area (Å²) in [5.74, 6) is -3.46. The fourth-order valence-electron chi connectivity index (χ4n) is 1.84. The van der Waals surface area contributed by atoms with E-state index in [1.165, 1.54) is 0 Å². The first-order valence-electron chi connectivity index (χ1n) is 9.25. The van der Waals surface area contributed by atoms with Crippen molar-refractivity contribution in [1.82, 2.24) is 0 Å². The van der Waals surface area contributed by atoms with Crippen molar-refractivity contribution >= 4 is 23.9 Å². The summed E-state index contributed by atoms with van der Waals surface area (Å²) in [4.78, 5) is 46.2. The molecule has 0 radical (unpaired) electrons. The first kappa shape index (κ1) is 25.8. The molecule has 0 aromatic carbocycles. The van der Waals surface area contributed by atoms with Gasteiger partial charge in [-0.1, -0.05) is 27.7 Å². The lowest BCUT2D eigenvalue weighted by Gasteiger charge is -2.22. The molecule has 1 unspecified atom stereocenters. The molecule has 10 nitrogen and oxygen atoms in total. The summed E-state index contributed by atoms with van der Waals surface area (Å²) in [5.41, 5.74) is 11.4. The van der Waals surface area contributed by atoms with E-state index in [0.29, 0.717) is 0 Å². The SMILES string of the molecule is CC(C)[C@H](N)C(=O)OCCC(OC(=O)CCCC(=O)O)OC(=O)[C@@H](N)C(C)C. The van der Waals surface area contributed by atoms with Gasteiger partial charge < -0.3 is 30.8 Å². The van der Waals surface area contributed by atoms with Crippen LogP contribution in [0.4, 0.5) is 0 Å². The second-order valence-corrected chi connectivity index (χ2v) is 7.10. The molecule has 5 N–H and O–H groups in total. The van der Waals surface area contributed by atoms with Crippen LogP contribution < -0.4 is 11.5 Å². The zero-order valence-electron chi connectivity index (χ0n) is 16.9. The number of aliphatic carboxylic acids is 1. The molecular weight excluding hydrogens is 372 g/mol. The standard InChI is InChI=1S/C18H32N2O8/c1-10(2)15(19)17(24)26-9-8-14(28-18(25)16(20)11(3)4)27-13(23)7-5-6-12(21)22/h10-11,14-16H,5-9,19-20H2,1-4H3,(H,21,22)/t14?,15-,16-/m0/s1. The van der Waals surface area contributed by atoms with Gasteiger partial charge in [0.15, 0.2) is 0 Å². The molecular formula is C18H32N2O8. The highest BCUT2D eigenvalue weighted by Crippen LogP contribution is 2.10. The fraction of sp³-hybridized carbons (Fsp3) is 0.778. The molecule has 0 aromatic rings. The van der Waals surface area contributed by atoms with Gasteiger partial charge in [-0.05, 0) is 18.3 Å². The van der Waals surface area contributed by atoms with E-state index >= 15 is 0 Å². The number of carbonyl (C=O) groups is 4. The number of carboxylic acid groups (broad SMARTS) is 1. The quantitative estimate of drug-likeness (QED) is 0.291. The van der Waals surface area contributed by atoms with Crippen LogP contribution in [-0.2, 0) is 33.4 Å². The van der Waals surface area contributed by atoms with Crippen LogP contribution in [0.2, 0.25) is 0 Å². The predicted molar refractivity (Wildman–Crippen MR) is 98.7 cm³/mol. The van der Waals surface area contributed by atoms with Crippen LogP contribution in [0.15, 0.2) is 0 Å². The Morgan fingerprint density at radius 1 is 0.857 bits per heavy atom. The first-order chi connectivity index (χ1) is 13.0. The molecule has 162 valence electrons. The smallest absolute Gasteiger partial charge is 0.326 e. The number of hydrogen-bond acceptors (Lipinski definition) is 9. The summed E-state index contributed by atoms with van der Waals surface area (Å²) in [6.45, 7) is 6.81. The molecule has 0 aliphatic rings. The van der Waals surface area contributed by atoms with E-state index < -0.39 is 42.3 Å². The van der Waals surface area contributed by atoms with E-state index in [1.54, 1.807) is 27.7 Å². The van der Waals surface area contributed by atoms with Crippen LogP contribution in [0.25, 0.3) is 0 Å². The molecule has 0 saturated carbocycles. The van der Waals surface area contributed by atoms with Gasteiger partial charge in [0.25, 0.3) is 6.29 Å². The topological polar surface area (TPSA) is 168 Å². The van der Waals surface area contributed by atoms with Crippen LogP contribution in [0.1, 0.15) is 53.4 Å². The van der Waals surface area contributed by atoms with Gasteiger partial charge in [0.1, 0.15) is 12.1 Å². The molecule has 0 aliphatic carbocycles. The van der Waals surface area contributed by atoms with Crippen LogP contribution in [0.5, 0.6) is 0 Å². The highest BCUT2D eigenvalue weighted by atomic mass is 16.7. The number of hydrogen-bond donors (Lipinski definition) is 3. The lowest BCUT2D eigenvalue weighted by Crippen LogP contribution is -2.40. The predicted octanol–water partition coefficient (Wildman–Crippen LogP) is 0.554. The second-order valence-electron chi connectivity index (χ2n) is 7.10. The highest BCUT2D eigenvalue weighted by molar-refractivity contribution is 5.77. The Hall–Kier alpha value is -2.20. The molecule has 3 atom stereocenters. The summed E-state index contributed by atoms with van der Waals surface area (Å²) >= 11 is 0. The van der Waals surface area contributed by atoms with Crippen molar-refractivity contribution in [3.05, 3.63) is 0 Å². The molecule has 0 rings (SSSR count). The summed E-state index contributed by atoms with van der Waals surface area (Å²) in [5, 5.41) is 8.60. The third-order valence-electron chi connectivity index (χ3n) is 3.86. The van der Waals surface area contributed by atoms with Crippen molar-refractivity contribution in [2.75, 3.05) is 6.61 Å². The monoisotopic (exact) mass is 404 g/mol. The highest BCUT2D eigenvalue weighted by Gasteiger charge is 2.26. The fourth-order valence-corrected chi connectivity index (χ4v) is 1.84. The van der Waals surface area contributed by atoms with Gasteiger partial charge in [-0.2, -0.15) is 0 Å². The van der Waals surface area contributed by atoms with Crippen molar-refractivity contribution in [1.29, 1.82) is 0 Å². The summed E-state index contributed by atoms with van der Waals surface area (Å²) < 4.78 is 15.2. The third-order valence-corrected chi connectivity index (χ3v) is 3.86. The molecule has 0 saturated heterocycles. The number of rotatable bonds is 13. The van der Waals surface area contributed by atoms with Crippen LogP contribution in [0.3, 0.4) is 0 Å². The van der Waals surface area contributed by atoms with Gasteiger partial charge in [0, 0.05) is 12.8 Å². The van der Waals surface area contributed by atoms with Gasteiger partial charge in [0.05, 0.1) is 13.0 Å². The van der Waals surface area contributed by atoms with Crippen molar-refractivity contribution in [3.8, 4) is 0 Å². The molecule has 0 heterocycles. The lowest BCUT2D eigenvalue weighted by atomic mass is 10.1. The van der Waals surface area contributed by atoms with Gasteiger partial charge in [-0.25, -0.2) is 0 Å². The molecule has 0 amide bonds. The maximum absolute atomic E-state index is 12.0. The molecule has 0 bridgehead atoms. The van der Waals surface area contributed by atoms with E-state index in [1.807, 2.05) is 0 Å². The first-order valence-corrected chi connectivity index (χ1v) is 9.25. The number of carboxylic acids is 1. The summed E-state index contributed by atoms with van der Waals surface area (Å²) in [6, 6.07) is -1.71. The second kappa shape index (κ2) is 13.1. The van der Waals surface area contributed by atoms with Gasteiger partial charge in [-0.3, -0.25) is 19.2 Å². The van der Waals surface area contributed by atoms with E-state index in [4.69, 9.17) is 30.8 Å². The minimum atomic E-state index is -1.31. The summed E-state index contributed by atoms with van der Waals surface area (Å²) in [7, 11) is 0. The van der Waals surface area contributed by atoms with E-state index in [0.717, 1.165) is 0 Å². The number of carbonyl (C=O) groups excluding carboxylic acids is 3. The largest absolute Gasteiger partial charge is 0.481 e. The zero-order valence-corrected chi connectivity index (χ0v) is 16.9. The molecule has 0 fully saturated rings. The van der Waals surface area contributed by atoms with Gasteiger partial charge in [-0.15, -0.1) is 0 Å². The Balaban J connectivity index is 4.74. The van der Waals surface area contributed by atoms with Crippen molar-refractivity contribution in [3.63, 3.8) is 0 Å². The zero-order chi connectivity index (χ0) is 21.9. The van der Waals surface area contributed by atoms with Crippen LogP contribution >= 0.6 is 0 Å². The van der Waals surface area contributed by atoms with Crippen LogP contribution in [0, 0.1) is 11.8 Å². The normalized spacial score (nSPS) is 14.3. The van der Waals surface area contributed by atoms with Gasteiger partial charge in [0.2, 0.25) is 0 Å². The Morgan fingerprint density at radius 3 is 1.89 bits per heavy atom. The van der Waals surface area contributed by atoms with E-state index in [2.05, 4.69) is 0 Å². The number of esters is 3. The Labute approximate surface area is 164 Å². The van der Waals surface area contributed by atoms with E-state index in [9.17, 15) is 19.2 Å². The Morgan fingerprint density at radius 2 is 1.39 bits per heavy atom. The van der Waals surface area contributed by atoms with Crippen molar-refractivity contribution in [2.45, 2.75) is 71.8 Å². The Bertz CT molecular complexity index is 536. The molecule has 0 spiro atoms. The van der Waals surface area contributed by atoms with Crippen molar-refractivity contribution in [2.24, 2.45) is 23.3 Å². The molecule has 0 aromatic heterocycles. The maximum atomic E-state index is 12.0. The van der Waals surface area contributed by atoms with E-state index in [-0.39, 0.29) is 44.1 Å². The molecule has 28 heavy (non-hydrogen) atoms. The number of nitrogens with two attached hydrogens (primary N) is 2. The average molecular weight is 404 g/mol. The third kappa shape index (κ3) is 10.8. The summed E-state index contributed by atoms with van der Waals surface area (Å²) in [6.07, 6.45) is -1.68. The molecule has 0 aliphatic heterocycles. The maximum Gasteiger partial charge on any atom is 0.326 e. The van der Waals surface area contributed by atoms with Gasteiger partial charge >= 0.3 is 23.9 Å².